The van der Waals surface area contributed by atoms with Crippen molar-refractivity contribution >= 4 is 5.71 Å². The Hall–Kier alpha value is -3.02. The van der Waals surface area contributed by atoms with Gasteiger partial charge in [-0.2, -0.15) is 5.10 Å². The van der Waals surface area contributed by atoms with E-state index in [1.807, 2.05) is 36.1 Å². The van der Waals surface area contributed by atoms with Gasteiger partial charge in [0.1, 0.15) is 6.33 Å². The minimum absolute atomic E-state index is 0.00641. The number of benzene rings is 1. The maximum atomic E-state index is 5.67. The number of nitrogens with zero attached hydrogens (tertiary/aromatic N) is 5. The lowest BCUT2D eigenvalue weighted by Gasteiger charge is -2.10. The zero-order valence-electron chi connectivity index (χ0n) is 14.3. The normalized spacial score (nSPS) is 16.6. The summed E-state index contributed by atoms with van der Waals surface area (Å²) >= 11 is 0. The summed E-state index contributed by atoms with van der Waals surface area (Å²) in [7, 11) is 0. The van der Waals surface area contributed by atoms with Gasteiger partial charge in [0, 0.05) is 35.6 Å². The molecular weight excluding hydrogens is 314 g/mol. The molecule has 1 atom stereocenters. The van der Waals surface area contributed by atoms with E-state index in [4.69, 9.17) is 4.84 Å². The molecule has 0 saturated carbocycles. The zero-order chi connectivity index (χ0) is 17.2. The highest BCUT2D eigenvalue weighted by molar-refractivity contribution is 6.06. The summed E-state index contributed by atoms with van der Waals surface area (Å²) in [6.45, 7) is 4.75. The third-order valence-corrected chi connectivity index (χ3v) is 4.32. The lowest BCUT2D eigenvalue weighted by molar-refractivity contribution is 0.0692. The van der Waals surface area contributed by atoms with E-state index >= 15 is 0 Å². The molecule has 3 aromatic rings. The monoisotopic (exact) mass is 333 g/mol. The Morgan fingerprint density at radius 1 is 1.12 bits per heavy atom. The van der Waals surface area contributed by atoms with Crippen molar-refractivity contribution in [2.45, 2.75) is 32.9 Å². The molecule has 0 spiro atoms. The molecule has 6 heteroatoms. The zero-order valence-corrected chi connectivity index (χ0v) is 14.3. The average Bonchev–Trinajstić information content (AvgIpc) is 3.22. The summed E-state index contributed by atoms with van der Waals surface area (Å²) in [5, 5.41) is 8.85. The smallest absolute Gasteiger partial charge is 0.152 e. The second-order valence-corrected chi connectivity index (χ2v) is 6.25. The SMILES string of the molecule is Cc1cc(C)n(C[C@H]2CC(c3ccccc3-c3cncnc3)=NO2)n1. The van der Waals surface area contributed by atoms with E-state index in [9.17, 15) is 0 Å². The molecule has 0 aliphatic carbocycles. The maximum Gasteiger partial charge on any atom is 0.152 e. The van der Waals surface area contributed by atoms with Crippen molar-refractivity contribution < 1.29 is 4.84 Å². The summed E-state index contributed by atoms with van der Waals surface area (Å²) in [5.74, 6) is 0. The second kappa shape index (κ2) is 6.47. The Kier molecular flexibility index (Phi) is 4.01. The predicted molar refractivity (Wildman–Crippen MR) is 95.2 cm³/mol. The number of rotatable bonds is 4. The quantitative estimate of drug-likeness (QED) is 0.736. The van der Waals surface area contributed by atoms with Crippen molar-refractivity contribution in [3.05, 3.63) is 66.0 Å². The highest BCUT2D eigenvalue weighted by Gasteiger charge is 2.25. The largest absolute Gasteiger partial charge is 0.390 e. The second-order valence-electron chi connectivity index (χ2n) is 6.25. The van der Waals surface area contributed by atoms with Crippen LogP contribution in [-0.4, -0.2) is 31.6 Å². The fourth-order valence-electron chi connectivity index (χ4n) is 3.16. The van der Waals surface area contributed by atoms with Crippen molar-refractivity contribution in [2.24, 2.45) is 5.16 Å². The van der Waals surface area contributed by atoms with Gasteiger partial charge in [0.25, 0.3) is 0 Å². The molecular formula is C19H19N5O. The molecule has 1 aliphatic heterocycles. The number of aromatic nitrogens is 4. The van der Waals surface area contributed by atoms with E-state index in [1.165, 1.54) is 6.33 Å². The van der Waals surface area contributed by atoms with Crippen LogP contribution in [0, 0.1) is 13.8 Å². The first kappa shape index (κ1) is 15.5. The summed E-state index contributed by atoms with van der Waals surface area (Å²) in [5.41, 5.74) is 6.21. The molecule has 126 valence electrons. The standard InChI is InChI=1S/C19H19N5O/c1-13-7-14(2)24(22-13)11-16-8-19(23-25-16)18-6-4-3-5-17(18)15-9-20-12-21-10-15/h3-7,9-10,12,16H,8,11H2,1-2H3/t16-/m1/s1. The highest BCUT2D eigenvalue weighted by Crippen LogP contribution is 2.27. The van der Waals surface area contributed by atoms with Gasteiger partial charge in [0.15, 0.2) is 6.10 Å². The van der Waals surface area contributed by atoms with Crippen molar-refractivity contribution in [3.8, 4) is 11.1 Å². The predicted octanol–water partition coefficient (Wildman–Crippen LogP) is 3.15. The number of aryl methyl sites for hydroxylation is 2. The Labute approximate surface area is 146 Å². The van der Waals surface area contributed by atoms with E-state index in [-0.39, 0.29) is 6.10 Å². The molecule has 1 aliphatic rings. The molecule has 2 aromatic heterocycles. The van der Waals surface area contributed by atoms with Gasteiger partial charge >= 0.3 is 0 Å². The highest BCUT2D eigenvalue weighted by atomic mass is 16.6. The van der Waals surface area contributed by atoms with Gasteiger partial charge < -0.3 is 4.84 Å². The number of hydrogen-bond donors (Lipinski definition) is 0. The Bertz CT molecular complexity index is 917. The lowest BCUT2D eigenvalue weighted by atomic mass is 9.96. The fraction of sp³-hybridized carbons (Fsp3) is 0.263. The average molecular weight is 333 g/mol. The van der Waals surface area contributed by atoms with E-state index in [1.54, 1.807) is 0 Å². The molecule has 0 radical (unpaired) electrons. The van der Waals surface area contributed by atoms with E-state index in [0.29, 0.717) is 6.54 Å². The first-order chi connectivity index (χ1) is 12.2. The van der Waals surface area contributed by atoms with Crippen LogP contribution in [0.2, 0.25) is 0 Å². The van der Waals surface area contributed by atoms with Crippen LogP contribution in [0.4, 0.5) is 0 Å². The fourth-order valence-corrected chi connectivity index (χ4v) is 3.16. The van der Waals surface area contributed by atoms with E-state index in [2.05, 4.69) is 45.3 Å². The van der Waals surface area contributed by atoms with Crippen molar-refractivity contribution in [2.75, 3.05) is 0 Å². The summed E-state index contributed by atoms with van der Waals surface area (Å²) in [4.78, 5) is 13.9. The van der Waals surface area contributed by atoms with E-state index < -0.39 is 0 Å². The van der Waals surface area contributed by atoms with Crippen LogP contribution in [-0.2, 0) is 11.4 Å². The van der Waals surface area contributed by atoms with Crippen LogP contribution in [0.25, 0.3) is 11.1 Å². The van der Waals surface area contributed by atoms with Crippen LogP contribution in [0.15, 0.2) is 54.2 Å². The Balaban J connectivity index is 1.55. The molecule has 0 unspecified atom stereocenters. The van der Waals surface area contributed by atoms with E-state index in [0.717, 1.165) is 40.2 Å². The summed E-state index contributed by atoms with van der Waals surface area (Å²) in [6, 6.07) is 10.2. The molecule has 0 saturated heterocycles. The topological polar surface area (TPSA) is 65.2 Å². The molecule has 0 N–H and O–H groups in total. The molecule has 0 amide bonds. The van der Waals surface area contributed by atoms with Crippen molar-refractivity contribution in [1.82, 2.24) is 19.7 Å². The van der Waals surface area contributed by atoms with Gasteiger partial charge in [-0.25, -0.2) is 9.97 Å². The molecule has 4 rings (SSSR count). The van der Waals surface area contributed by atoms with Gasteiger partial charge in [-0.05, 0) is 25.5 Å². The molecule has 3 heterocycles. The van der Waals surface area contributed by atoms with Gasteiger partial charge in [-0.1, -0.05) is 29.4 Å². The molecule has 1 aromatic carbocycles. The van der Waals surface area contributed by atoms with Gasteiger partial charge in [-0.3, -0.25) is 4.68 Å². The third-order valence-electron chi connectivity index (χ3n) is 4.32. The Morgan fingerprint density at radius 2 is 1.88 bits per heavy atom. The van der Waals surface area contributed by atoms with Crippen LogP contribution in [0.3, 0.4) is 0 Å². The number of hydrogen-bond acceptors (Lipinski definition) is 5. The first-order valence-electron chi connectivity index (χ1n) is 8.29. The first-order valence-corrected chi connectivity index (χ1v) is 8.29. The molecule has 0 bridgehead atoms. The lowest BCUT2D eigenvalue weighted by Crippen LogP contribution is -2.18. The maximum absolute atomic E-state index is 5.67. The Morgan fingerprint density at radius 3 is 2.60 bits per heavy atom. The van der Waals surface area contributed by atoms with Gasteiger partial charge in [0.05, 0.1) is 18.0 Å². The van der Waals surface area contributed by atoms with Crippen LogP contribution in [0.5, 0.6) is 0 Å². The third kappa shape index (κ3) is 3.15. The summed E-state index contributed by atoms with van der Waals surface area (Å²) < 4.78 is 1.98. The molecule has 6 nitrogen and oxygen atoms in total. The minimum atomic E-state index is -0.00641. The van der Waals surface area contributed by atoms with Crippen molar-refractivity contribution in [3.63, 3.8) is 0 Å². The number of oxime groups is 1. The van der Waals surface area contributed by atoms with Crippen LogP contribution < -0.4 is 0 Å². The van der Waals surface area contributed by atoms with Crippen molar-refractivity contribution in [1.29, 1.82) is 0 Å². The van der Waals surface area contributed by atoms with Gasteiger partial charge in [0.2, 0.25) is 0 Å². The van der Waals surface area contributed by atoms with Gasteiger partial charge in [-0.15, -0.1) is 0 Å². The molecule has 25 heavy (non-hydrogen) atoms. The summed E-state index contributed by atoms with van der Waals surface area (Å²) in [6.07, 6.45) is 5.91. The minimum Gasteiger partial charge on any atom is -0.390 e. The van der Waals surface area contributed by atoms with Crippen LogP contribution in [0.1, 0.15) is 23.4 Å². The van der Waals surface area contributed by atoms with Crippen LogP contribution >= 0.6 is 0 Å². The molecule has 0 fully saturated rings.